The minimum atomic E-state index is -1.19. The van der Waals surface area contributed by atoms with Crippen LogP contribution in [0.4, 0.5) is 10.1 Å². The van der Waals surface area contributed by atoms with Crippen LogP contribution in [-0.2, 0) is 4.79 Å². The van der Waals surface area contributed by atoms with Crippen LogP contribution in [0.1, 0.15) is 15.9 Å². The largest absolute Gasteiger partial charge is 0.478 e. The second kappa shape index (κ2) is 6.87. The molecule has 6 heteroatoms. The summed E-state index contributed by atoms with van der Waals surface area (Å²) in [4.78, 5) is 22.9. The molecule has 2 N–H and O–H groups in total. The van der Waals surface area contributed by atoms with Crippen LogP contribution in [-0.4, -0.2) is 17.0 Å². The number of aromatic carboxylic acids is 1. The van der Waals surface area contributed by atoms with E-state index in [-0.39, 0.29) is 22.1 Å². The number of amides is 1. The average Bonchev–Trinajstić information content (AvgIpc) is 2.48. The summed E-state index contributed by atoms with van der Waals surface area (Å²) in [6, 6.07) is 9.73. The molecular formula is C16H11ClFNO3. The van der Waals surface area contributed by atoms with Crippen LogP contribution in [0.3, 0.4) is 0 Å². The molecule has 0 unspecified atom stereocenters. The second-order valence-electron chi connectivity index (χ2n) is 4.37. The first-order valence-corrected chi connectivity index (χ1v) is 6.61. The Hall–Kier alpha value is -2.66. The molecule has 1 amide bonds. The molecule has 0 bridgehead atoms. The zero-order valence-corrected chi connectivity index (χ0v) is 12.0. The summed E-state index contributed by atoms with van der Waals surface area (Å²) in [6.07, 6.45) is 2.72. The van der Waals surface area contributed by atoms with Crippen molar-refractivity contribution in [3.63, 3.8) is 0 Å². The summed E-state index contributed by atoms with van der Waals surface area (Å²) in [6.45, 7) is 0. The van der Waals surface area contributed by atoms with Gasteiger partial charge in [0, 0.05) is 11.1 Å². The van der Waals surface area contributed by atoms with Gasteiger partial charge in [0.2, 0.25) is 5.91 Å². The molecule has 0 radical (unpaired) electrons. The minimum Gasteiger partial charge on any atom is -0.478 e. The van der Waals surface area contributed by atoms with E-state index in [1.807, 2.05) is 0 Å². The highest BCUT2D eigenvalue weighted by Gasteiger charge is 2.12. The zero-order chi connectivity index (χ0) is 16.1. The minimum absolute atomic E-state index is 0.101. The van der Waals surface area contributed by atoms with Crippen molar-refractivity contribution in [3.8, 4) is 0 Å². The smallest absolute Gasteiger partial charge is 0.337 e. The molecular weight excluding hydrogens is 309 g/mol. The molecule has 0 aliphatic carbocycles. The Balaban J connectivity index is 2.12. The molecule has 0 spiro atoms. The maximum absolute atomic E-state index is 12.8. The van der Waals surface area contributed by atoms with Crippen molar-refractivity contribution < 1.29 is 19.1 Å². The summed E-state index contributed by atoms with van der Waals surface area (Å²) in [5, 5.41) is 11.8. The van der Waals surface area contributed by atoms with Crippen LogP contribution in [0.5, 0.6) is 0 Å². The summed E-state index contributed by atoms with van der Waals surface area (Å²) in [5.74, 6) is -2.07. The number of nitrogens with one attached hydrogen (secondary N) is 1. The van der Waals surface area contributed by atoms with Gasteiger partial charge in [0.05, 0.1) is 11.3 Å². The summed E-state index contributed by atoms with van der Waals surface area (Å²) in [7, 11) is 0. The van der Waals surface area contributed by atoms with Gasteiger partial charge in [-0.2, -0.15) is 0 Å². The topological polar surface area (TPSA) is 66.4 Å². The van der Waals surface area contributed by atoms with E-state index in [0.717, 1.165) is 0 Å². The van der Waals surface area contributed by atoms with E-state index < -0.39 is 11.9 Å². The molecule has 2 rings (SSSR count). The Morgan fingerprint density at radius 2 is 1.82 bits per heavy atom. The molecule has 0 saturated heterocycles. The van der Waals surface area contributed by atoms with E-state index in [4.69, 9.17) is 16.7 Å². The number of hydrogen-bond acceptors (Lipinski definition) is 2. The lowest BCUT2D eigenvalue weighted by molar-refractivity contribution is -0.111. The fourth-order valence-electron chi connectivity index (χ4n) is 1.72. The third-order valence-corrected chi connectivity index (χ3v) is 3.00. The Labute approximate surface area is 130 Å². The first-order valence-electron chi connectivity index (χ1n) is 6.23. The predicted molar refractivity (Wildman–Crippen MR) is 82.5 cm³/mol. The van der Waals surface area contributed by atoms with Crippen LogP contribution in [0, 0.1) is 5.82 Å². The predicted octanol–water partition coefficient (Wildman–Crippen LogP) is 3.83. The van der Waals surface area contributed by atoms with Gasteiger partial charge in [0.25, 0.3) is 0 Å². The molecule has 0 aliphatic rings. The molecule has 2 aromatic rings. The number of carboxylic acid groups (broad SMARTS) is 1. The maximum Gasteiger partial charge on any atom is 0.337 e. The Kier molecular flexibility index (Phi) is 4.91. The highest BCUT2D eigenvalue weighted by molar-refractivity contribution is 6.31. The van der Waals surface area contributed by atoms with Gasteiger partial charge in [0.15, 0.2) is 0 Å². The van der Waals surface area contributed by atoms with Gasteiger partial charge in [-0.3, -0.25) is 4.79 Å². The fraction of sp³-hybridized carbons (Fsp3) is 0. The van der Waals surface area contributed by atoms with Crippen LogP contribution >= 0.6 is 11.6 Å². The van der Waals surface area contributed by atoms with Crippen LogP contribution in [0.2, 0.25) is 5.02 Å². The fourth-order valence-corrected chi connectivity index (χ4v) is 1.89. The van der Waals surface area contributed by atoms with Crippen molar-refractivity contribution in [3.05, 3.63) is 70.5 Å². The van der Waals surface area contributed by atoms with Gasteiger partial charge in [-0.15, -0.1) is 0 Å². The molecule has 4 nitrogen and oxygen atoms in total. The lowest BCUT2D eigenvalue weighted by Crippen LogP contribution is -2.12. The monoisotopic (exact) mass is 319 g/mol. The van der Waals surface area contributed by atoms with Gasteiger partial charge in [-0.05, 0) is 42.0 Å². The lowest BCUT2D eigenvalue weighted by Gasteiger charge is -2.06. The Bertz CT molecular complexity index is 742. The van der Waals surface area contributed by atoms with Gasteiger partial charge in [-0.25, -0.2) is 9.18 Å². The lowest BCUT2D eigenvalue weighted by atomic mass is 10.1. The standard InChI is InChI=1S/C16H11ClFNO3/c17-11-4-7-14(13(9-11)16(21)22)19-15(20)8-3-10-1-5-12(18)6-2-10/h1-9H,(H,19,20)(H,21,22). The molecule has 2 aromatic carbocycles. The van der Waals surface area contributed by atoms with Crippen LogP contribution in [0.25, 0.3) is 6.08 Å². The number of hydrogen-bond donors (Lipinski definition) is 2. The van der Waals surface area contributed by atoms with Gasteiger partial charge >= 0.3 is 5.97 Å². The normalized spacial score (nSPS) is 10.6. The van der Waals surface area contributed by atoms with Crippen molar-refractivity contribution in [2.24, 2.45) is 0 Å². The van der Waals surface area contributed by atoms with Crippen molar-refractivity contribution in [2.75, 3.05) is 5.32 Å². The van der Waals surface area contributed by atoms with E-state index in [9.17, 15) is 14.0 Å². The van der Waals surface area contributed by atoms with E-state index in [0.29, 0.717) is 5.56 Å². The average molecular weight is 320 g/mol. The number of rotatable bonds is 4. The van der Waals surface area contributed by atoms with Crippen LogP contribution in [0.15, 0.2) is 48.5 Å². The zero-order valence-electron chi connectivity index (χ0n) is 11.2. The quantitative estimate of drug-likeness (QED) is 0.842. The Morgan fingerprint density at radius 3 is 2.45 bits per heavy atom. The maximum atomic E-state index is 12.8. The van der Waals surface area contributed by atoms with Crippen molar-refractivity contribution in [1.82, 2.24) is 0 Å². The third-order valence-electron chi connectivity index (χ3n) is 2.77. The van der Waals surface area contributed by atoms with E-state index in [2.05, 4.69) is 5.32 Å². The number of benzene rings is 2. The molecule has 22 heavy (non-hydrogen) atoms. The molecule has 0 saturated carbocycles. The molecule has 0 aromatic heterocycles. The van der Waals surface area contributed by atoms with E-state index in [1.165, 1.54) is 54.6 Å². The highest BCUT2D eigenvalue weighted by atomic mass is 35.5. The number of carbonyl (C=O) groups excluding carboxylic acids is 1. The van der Waals surface area contributed by atoms with Crippen LogP contribution < -0.4 is 5.32 Å². The van der Waals surface area contributed by atoms with E-state index in [1.54, 1.807) is 0 Å². The highest BCUT2D eigenvalue weighted by Crippen LogP contribution is 2.20. The first-order chi connectivity index (χ1) is 10.5. The molecule has 0 fully saturated rings. The second-order valence-corrected chi connectivity index (χ2v) is 4.81. The summed E-state index contributed by atoms with van der Waals surface area (Å²) >= 11 is 5.73. The number of carbonyl (C=O) groups is 2. The molecule has 0 heterocycles. The number of halogens is 2. The van der Waals surface area contributed by atoms with E-state index >= 15 is 0 Å². The molecule has 112 valence electrons. The molecule has 0 atom stereocenters. The summed E-state index contributed by atoms with van der Waals surface area (Å²) in [5.41, 5.74) is 0.688. The van der Waals surface area contributed by atoms with Crippen molar-refractivity contribution in [1.29, 1.82) is 0 Å². The number of carboxylic acids is 1. The van der Waals surface area contributed by atoms with Gasteiger partial charge in [-0.1, -0.05) is 23.7 Å². The Morgan fingerprint density at radius 1 is 1.14 bits per heavy atom. The first kappa shape index (κ1) is 15.7. The SMILES string of the molecule is O=C(C=Cc1ccc(F)cc1)Nc1ccc(Cl)cc1C(=O)O. The summed E-state index contributed by atoms with van der Waals surface area (Å²) < 4.78 is 12.8. The third kappa shape index (κ3) is 4.17. The molecule has 0 aliphatic heterocycles. The number of anilines is 1. The van der Waals surface area contributed by atoms with Gasteiger partial charge < -0.3 is 10.4 Å². The van der Waals surface area contributed by atoms with Crippen molar-refractivity contribution in [2.45, 2.75) is 0 Å². The van der Waals surface area contributed by atoms with Crippen molar-refractivity contribution >= 4 is 35.2 Å². The van der Waals surface area contributed by atoms with Gasteiger partial charge in [0.1, 0.15) is 5.82 Å².